The van der Waals surface area contributed by atoms with Crippen LogP contribution in [0.5, 0.6) is 5.75 Å². The van der Waals surface area contributed by atoms with Crippen LogP contribution in [0.3, 0.4) is 0 Å². The molecule has 1 aromatic heterocycles. The van der Waals surface area contributed by atoms with E-state index in [0.717, 1.165) is 50.3 Å². The van der Waals surface area contributed by atoms with Crippen LogP contribution in [0, 0.1) is 0 Å². The maximum absolute atomic E-state index is 13.0. The molecule has 6 heteroatoms. The van der Waals surface area contributed by atoms with Crippen LogP contribution >= 0.6 is 0 Å². The molecule has 178 valence electrons. The number of phenolic OH excluding ortho intramolecular Hbond substituents is 1. The molecule has 2 heterocycles. The summed E-state index contributed by atoms with van der Waals surface area (Å²) in [6.07, 6.45) is 1.12. The lowest BCUT2D eigenvalue weighted by molar-refractivity contribution is 0.0637. The zero-order valence-electron chi connectivity index (χ0n) is 19.7. The first-order valence-corrected chi connectivity index (χ1v) is 12.0. The molecule has 0 radical (unpaired) electrons. The van der Waals surface area contributed by atoms with E-state index >= 15 is 0 Å². The number of nitrogens with zero attached hydrogens (tertiary/aromatic N) is 2. The van der Waals surface area contributed by atoms with Gasteiger partial charge in [-0.05, 0) is 48.4 Å². The molecular formula is C29H28N2O4. The number of amides is 1. The third-order valence-electron chi connectivity index (χ3n) is 6.53. The van der Waals surface area contributed by atoms with Crippen LogP contribution < -0.4 is 5.43 Å². The average Bonchev–Trinajstić information content (AvgIpc) is 2.89. The van der Waals surface area contributed by atoms with Crippen molar-refractivity contribution in [1.82, 2.24) is 9.80 Å². The van der Waals surface area contributed by atoms with Gasteiger partial charge >= 0.3 is 0 Å². The number of benzene rings is 3. The van der Waals surface area contributed by atoms with Gasteiger partial charge in [-0.1, -0.05) is 49.4 Å². The van der Waals surface area contributed by atoms with Gasteiger partial charge in [0, 0.05) is 43.4 Å². The Hall–Kier alpha value is -3.90. The molecule has 6 nitrogen and oxygen atoms in total. The van der Waals surface area contributed by atoms with Crippen LogP contribution in [0.1, 0.15) is 23.7 Å². The average molecular weight is 469 g/mol. The summed E-state index contributed by atoms with van der Waals surface area (Å²) < 4.78 is 6.01. The molecule has 4 aromatic rings. The quantitative estimate of drug-likeness (QED) is 0.446. The lowest BCUT2D eigenvalue weighted by Crippen LogP contribution is -2.48. The molecule has 1 aliphatic heterocycles. The van der Waals surface area contributed by atoms with Crippen molar-refractivity contribution < 1.29 is 14.3 Å². The summed E-state index contributed by atoms with van der Waals surface area (Å²) in [7, 11) is 0. The van der Waals surface area contributed by atoms with Gasteiger partial charge in [-0.15, -0.1) is 0 Å². The fourth-order valence-electron chi connectivity index (χ4n) is 4.66. The molecule has 0 aliphatic carbocycles. The van der Waals surface area contributed by atoms with Gasteiger partial charge < -0.3 is 14.4 Å². The van der Waals surface area contributed by atoms with Crippen molar-refractivity contribution in [2.75, 3.05) is 32.7 Å². The van der Waals surface area contributed by atoms with E-state index in [1.54, 1.807) is 12.1 Å². The fourth-order valence-corrected chi connectivity index (χ4v) is 4.66. The number of phenols is 1. The van der Waals surface area contributed by atoms with E-state index in [1.807, 2.05) is 59.5 Å². The Bertz CT molecular complexity index is 1400. The molecule has 1 fully saturated rings. The maximum Gasteiger partial charge on any atom is 0.253 e. The second-order valence-corrected chi connectivity index (χ2v) is 8.92. The molecule has 0 saturated carbocycles. The number of aromatic hydroxyl groups is 1. The molecule has 1 aliphatic rings. The summed E-state index contributed by atoms with van der Waals surface area (Å²) in [4.78, 5) is 30.0. The minimum absolute atomic E-state index is 0.0348. The molecular weight excluding hydrogens is 440 g/mol. The van der Waals surface area contributed by atoms with Gasteiger partial charge in [0.05, 0.1) is 0 Å². The van der Waals surface area contributed by atoms with Crippen LogP contribution in [-0.4, -0.2) is 53.5 Å². The lowest BCUT2D eigenvalue weighted by atomic mass is 10.0. The molecule has 0 bridgehead atoms. The second-order valence-electron chi connectivity index (χ2n) is 8.92. The van der Waals surface area contributed by atoms with Crippen molar-refractivity contribution in [3.8, 4) is 28.2 Å². The molecule has 0 spiro atoms. The molecule has 5 rings (SSSR count). The van der Waals surface area contributed by atoms with Crippen molar-refractivity contribution in [3.05, 3.63) is 88.6 Å². The summed E-state index contributed by atoms with van der Waals surface area (Å²) in [6.45, 7) is 6.53. The van der Waals surface area contributed by atoms with Gasteiger partial charge in [0.2, 0.25) is 0 Å². The number of piperazine rings is 1. The predicted octanol–water partition coefficient (Wildman–Crippen LogP) is 5.00. The van der Waals surface area contributed by atoms with Gasteiger partial charge in [-0.25, -0.2) is 0 Å². The Balaban J connectivity index is 1.41. The highest BCUT2D eigenvalue weighted by Crippen LogP contribution is 2.32. The lowest BCUT2D eigenvalue weighted by Gasteiger charge is -2.34. The Morgan fingerprint density at radius 3 is 2.29 bits per heavy atom. The van der Waals surface area contributed by atoms with E-state index in [4.69, 9.17) is 4.42 Å². The highest BCUT2D eigenvalue weighted by molar-refractivity contribution is 5.95. The maximum atomic E-state index is 13.0. The normalized spacial score (nSPS) is 14.4. The summed E-state index contributed by atoms with van der Waals surface area (Å²) >= 11 is 0. The summed E-state index contributed by atoms with van der Waals surface area (Å²) in [5, 5.41) is 10.8. The number of rotatable bonds is 5. The van der Waals surface area contributed by atoms with E-state index in [0.29, 0.717) is 22.5 Å². The van der Waals surface area contributed by atoms with Gasteiger partial charge in [0.25, 0.3) is 5.91 Å². The molecule has 1 N–H and O–H groups in total. The zero-order chi connectivity index (χ0) is 24.4. The van der Waals surface area contributed by atoms with Crippen LogP contribution in [0.15, 0.2) is 82.0 Å². The second kappa shape index (κ2) is 9.76. The SMILES string of the molecule is CCCN1CCN(C(=O)c2ccc(-c3cc(O)c4c(=O)cc(-c5ccccc5)oc4c3)cc2)CC1. The van der Waals surface area contributed by atoms with Gasteiger partial charge in [-0.3, -0.25) is 14.5 Å². The summed E-state index contributed by atoms with van der Waals surface area (Å²) in [6, 6.07) is 21.5. The molecule has 0 atom stereocenters. The fraction of sp³-hybridized carbons (Fsp3) is 0.241. The number of carbonyl (C=O) groups is 1. The van der Waals surface area contributed by atoms with E-state index in [1.165, 1.54) is 6.07 Å². The Morgan fingerprint density at radius 1 is 0.886 bits per heavy atom. The van der Waals surface area contributed by atoms with E-state index in [-0.39, 0.29) is 22.5 Å². The van der Waals surface area contributed by atoms with Crippen LogP contribution in [-0.2, 0) is 0 Å². The van der Waals surface area contributed by atoms with Gasteiger partial charge in [-0.2, -0.15) is 0 Å². The van der Waals surface area contributed by atoms with Crippen LogP contribution in [0.4, 0.5) is 0 Å². The first-order chi connectivity index (χ1) is 17.0. The molecule has 0 unspecified atom stereocenters. The minimum Gasteiger partial charge on any atom is -0.507 e. The van der Waals surface area contributed by atoms with Crippen LogP contribution in [0.25, 0.3) is 33.4 Å². The third kappa shape index (κ3) is 4.70. The Kier molecular flexibility index (Phi) is 6.38. The number of hydrogen-bond acceptors (Lipinski definition) is 5. The van der Waals surface area contributed by atoms with Crippen molar-refractivity contribution in [2.24, 2.45) is 0 Å². The monoisotopic (exact) mass is 468 g/mol. The topological polar surface area (TPSA) is 74.0 Å². The zero-order valence-corrected chi connectivity index (χ0v) is 19.7. The largest absolute Gasteiger partial charge is 0.507 e. The van der Waals surface area contributed by atoms with Crippen molar-refractivity contribution in [2.45, 2.75) is 13.3 Å². The molecule has 35 heavy (non-hydrogen) atoms. The van der Waals surface area contributed by atoms with Gasteiger partial charge in [0.15, 0.2) is 5.43 Å². The van der Waals surface area contributed by atoms with Gasteiger partial charge in [0.1, 0.15) is 22.5 Å². The van der Waals surface area contributed by atoms with E-state index in [2.05, 4.69) is 11.8 Å². The molecule has 1 amide bonds. The van der Waals surface area contributed by atoms with E-state index in [9.17, 15) is 14.7 Å². The van der Waals surface area contributed by atoms with Crippen molar-refractivity contribution in [1.29, 1.82) is 0 Å². The Morgan fingerprint density at radius 2 is 1.60 bits per heavy atom. The summed E-state index contributed by atoms with van der Waals surface area (Å²) in [5.74, 6) is 0.350. The number of fused-ring (bicyclic) bond motifs is 1. The summed E-state index contributed by atoms with van der Waals surface area (Å²) in [5.41, 5.74) is 2.97. The molecule has 1 saturated heterocycles. The highest BCUT2D eigenvalue weighted by Gasteiger charge is 2.22. The highest BCUT2D eigenvalue weighted by atomic mass is 16.3. The minimum atomic E-state index is -0.297. The van der Waals surface area contributed by atoms with Crippen molar-refractivity contribution >= 4 is 16.9 Å². The number of hydrogen-bond donors (Lipinski definition) is 1. The van der Waals surface area contributed by atoms with E-state index < -0.39 is 0 Å². The Labute approximate surface area is 204 Å². The standard InChI is InChI=1S/C29H28N2O4/c1-2-12-30-13-15-31(16-14-30)29(34)22-10-8-20(9-11-22)23-17-24(32)28-25(33)19-26(35-27(28)18-23)21-6-4-3-5-7-21/h3-11,17-19,32H,2,12-16H2,1H3. The van der Waals surface area contributed by atoms with Crippen molar-refractivity contribution in [3.63, 3.8) is 0 Å². The predicted molar refractivity (Wildman–Crippen MR) is 138 cm³/mol. The first-order valence-electron chi connectivity index (χ1n) is 12.0. The number of carbonyl (C=O) groups excluding carboxylic acids is 1. The third-order valence-corrected chi connectivity index (χ3v) is 6.53. The van der Waals surface area contributed by atoms with Crippen LogP contribution in [0.2, 0.25) is 0 Å². The molecule has 3 aromatic carbocycles. The first kappa shape index (κ1) is 22.9. The smallest absolute Gasteiger partial charge is 0.253 e.